The van der Waals surface area contributed by atoms with Crippen LogP contribution in [0.15, 0.2) is 36.4 Å². The molecule has 0 radical (unpaired) electrons. The molecule has 3 fully saturated rings. The fraction of sp³-hybridized carbons (Fsp3) is 0.409. The first-order valence-corrected chi connectivity index (χ1v) is 11.5. The van der Waals surface area contributed by atoms with E-state index in [0.29, 0.717) is 35.2 Å². The molecule has 0 spiro atoms. The summed E-state index contributed by atoms with van der Waals surface area (Å²) in [6.45, 7) is 3.14. The van der Waals surface area contributed by atoms with Crippen molar-refractivity contribution in [1.29, 1.82) is 0 Å². The van der Waals surface area contributed by atoms with Crippen LogP contribution in [-0.2, 0) is 6.61 Å². The fourth-order valence-corrected chi connectivity index (χ4v) is 5.10. The van der Waals surface area contributed by atoms with E-state index in [4.69, 9.17) is 22.1 Å². The normalized spacial score (nSPS) is 25.2. The van der Waals surface area contributed by atoms with Crippen molar-refractivity contribution < 1.29 is 14.6 Å². The van der Waals surface area contributed by atoms with Gasteiger partial charge in [0.2, 0.25) is 0 Å². The minimum Gasteiger partial charge on any atom is -0.488 e. The summed E-state index contributed by atoms with van der Waals surface area (Å²) in [5.74, 6) is 0.252. The van der Waals surface area contributed by atoms with Crippen LogP contribution in [-0.4, -0.2) is 47.7 Å². The number of halogens is 2. The lowest BCUT2D eigenvalue weighted by Crippen LogP contribution is -2.63. The number of nitrogens with zero attached hydrogens (tertiary/aromatic N) is 1. The van der Waals surface area contributed by atoms with Gasteiger partial charge in [-0.05, 0) is 78.2 Å². The van der Waals surface area contributed by atoms with Gasteiger partial charge in [0.15, 0.2) is 0 Å². The lowest BCUT2D eigenvalue weighted by atomic mass is 9.75. The van der Waals surface area contributed by atoms with Crippen LogP contribution in [0.25, 0.3) is 0 Å². The number of benzene rings is 2. The van der Waals surface area contributed by atoms with Gasteiger partial charge in [-0.25, -0.2) is 0 Å². The zero-order valence-corrected chi connectivity index (χ0v) is 19.4. The Balaban J connectivity index is 1.48. The second-order valence-corrected chi connectivity index (χ2v) is 9.78. The van der Waals surface area contributed by atoms with E-state index in [1.54, 1.807) is 6.07 Å². The van der Waals surface area contributed by atoms with Gasteiger partial charge >= 0.3 is 0 Å². The maximum Gasteiger partial charge on any atom is 0.255 e. The Bertz CT molecular complexity index is 949. The number of carbonyl (C=O) groups excluding carboxylic acids is 1. The van der Waals surface area contributed by atoms with Crippen molar-refractivity contribution in [2.24, 2.45) is 5.92 Å². The molecule has 160 valence electrons. The van der Waals surface area contributed by atoms with E-state index in [-0.39, 0.29) is 18.4 Å². The summed E-state index contributed by atoms with van der Waals surface area (Å²) in [5.41, 5.74) is 6.70. The molecular formula is C22H25ClIN3O3. The van der Waals surface area contributed by atoms with Gasteiger partial charge in [-0.2, -0.15) is 0 Å². The third kappa shape index (κ3) is 4.69. The van der Waals surface area contributed by atoms with Crippen molar-refractivity contribution in [2.45, 2.75) is 25.0 Å². The molecule has 2 aromatic rings. The molecule has 4 N–H and O–H groups in total. The summed E-state index contributed by atoms with van der Waals surface area (Å²) in [6, 6.07) is 11.0. The summed E-state index contributed by atoms with van der Waals surface area (Å²) in [7, 11) is 0. The Morgan fingerprint density at radius 3 is 2.77 bits per heavy atom. The van der Waals surface area contributed by atoms with Gasteiger partial charge in [0.1, 0.15) is 12.4 Å². The van der Waals surface area contributed by atoms with Crippen molar-refractivity contribution >= 4 is 45.8 Å². The zero-order valence-electron chi connectivity index (χ0n) is 16.5. The first-order chi connectivity index (χ1) is 14.3. The van der Waals surface area contributed by atoms with E-state index in [9.17, 15) is 9.90 Å². The average Bonchev–Trinajstić information content (AvgIpc) is 2.73. The number of nitrogens with one attached hydrogen (secondary N) is 1. The van der Waals surface area contributed by atoms with Crippen LogP contribution in [0.4, 0.5) is 5.69 Å². The fourth-order valence-electron chi connectivity index (χ4n) is 4.33. The Morgan fingerprint density at radius 2 is 2.10 bits per heavy atom. The molecule has 3 aliphatic heterocycles. The van der Waals surface area contributed by atoms with Crippen LogP contribution in [0, 0.1) is 9.49 Å². The van der Waals surface area contributed by atoms with Crippen LogP contribution in [0.1, 0.15) is 28.8 Å². The predicted octanol–water partition coefficient (Wildman–Crippen LogP) is 3.29. The van der Waals surface area contributed by atoms with Crippen molar-refractivity contribution in [1.82, 2.24) is 10.2 Å². The number of amides is 1. The molecular weight excluding hydrogens is 517 g/mol. The number of fused-ring (bicyclic) bond motifs is 3. The molecule has 1 atom stereocenters. The number of anilines is 1. The van der Waals surface area contributed by atoms with Crippen molar-refractivity contribution in [3.8, 4) is 5.75 Å². The molecule has 0 saturated carbocycles. The number of piperidine rings is 3. The van der Waals surface area contributed by atoms with Gasteiger partial charge in [-0.15, -0.1) is 0 Å². The standard InChI is InChI=1S/C22H25ClIN3O3/c23-18-9-17(20(10-19(18)25)30-11-14-2-1-3-16(24)8-14)21(28)26-12-22(29)13-27-6-4-15(22)5-7-27/h1-3,8-10,15,29H,4-7,11-13,25H2,(H,26,28). The van der Waals surface area contributed by atoms with Crippen LogP contribution in [0.3, 0.4) is 0 Å². The van der Waals surface area contributed by atoms with Crippen LogP contribution < -0.4 is 15.8 Å². The van der Waals surface area contributed by atoms with Crippen LogP contribution in [0.5, 0.6) is 5.75 Å². The number of ether oxygens (including phenoxy) is 1. The Labute approximate surface area is 194 Å². The quantitative estimate of drug-likeness (QED) is 0.386. The molecule has 8 heteroatoms. The van der Waals surface area contributed by atoms with Gasteiger partial charge in [0.05, 0.1) is 21.9 Å². The third-order valence-corrected chi connectivity index (χ3v) is 7.03. The van der Waals surface area contributed by atoms with Crippen molar-refractivity contribution in [3.63, 3.8) is 0 Å². The second kappa shape index (κ2) is 8.90. The minimum absolute atomic E-state index is 0.200. The highest BCUT2D eigenvalue weighted by Gasteiger charge is 2.45. The number of hydrogen-bond donors (Lipinski definition) is 3. The largest absolute Gasteiger partial charge is 0.488 e. The van der Waals surface area contributed by atoms with Gasteiger partial charge in [0, 0.05) is 22.7 Å². The average molecular weight is 542 g/mol. The molecule has 2 bridgehead atoms. The monoisotopic (exact) mass is 541 g/mol. The third-order valence-electron chi connectivity index (χ3n) is 6.03. The number of nitrogens with two attached hydrogens (primary N) is 1. The molecule has 0 aliphatic carbocycles. The number of hydrogen-bond acceptors (Lipinski definition) is 5. The first kappa shape index (κ1) is 21.7. The molecule has 5 rings (SSSR count). The molecule has 2 aromatic carbocycles. The molecule has 3 saturated heterocycles. The summed E-state index contributed by atoms with van der Waals surface area (Å²) < 4.78 is 7.03. The van der Waals surface area contributed by atoms with Crippen LogP contribution in [0.2, 0.25) is 5.02 Å². The zero-order chi connectivity index (χ0) is 21.3. The van der Waals surface area contributed by atoms with Crippen molar-refractivity contribution in [3.05, 3.63) is 56.1 Å². The van der Waals surface area contributed by atoms with E-state index in [1.807, 2.05) is 24.3 Å². The number of rotatable bonds is 6. The van der Waals surface area contributed by atoms with Gasteiger partial charge in [0.25, 0.3) is 5.91 Å². The Hall–Kier alpha value is -1.55. The van der Waals surface area contributed by atoms with Crippen LogP contribution >= 0.6 is 34.2 Å². The summed E-state index contributed by atoms with van der Waals surface area (Å²) in [6.07, 6.45) is 1.93. The van der Waals surface area contributed by atoms with E-state index >= 15 is 0 Å². The van der Waals surface area contributed by atoms with E-state index in [2.05, 4.69) is 32.8 Å². The topological polar surface area (TPSA) is 87.8 Å². The first-order valence-electron chi connectivity index (χ1n) is 10.0. The molecule has 0 aromatic heterocycles. The number of carbonyl (C=O) groups is 1. The highest BCUT2D eigenvalue weighted by molar-refractivity contribution is 14.1. The maximum absolute atomic E-state index is 13.0. The van der Waals surface area contributed by atoms with Gasteiger partial charge < -0.3 is 25.8 Å². The summed E-state index contributed by atoms with van der Waals surface area (Å²) >= 11 is 8.42. The highest BCUT2D eigenvalue weighted by atomic mass is 127. The predicted molar refractivity (Wildman–Crippen MR) is 126 cm³/mol. The molecule has 6 nitrogen and oxygen atoms in total. The smallest absolute Gasteiger partial charge is 0.255 e. The van der Waals surface area contributed by atoms with E-state index in [0.717, 1.165) is 35.1 Å². The summed E-state index contributed by atoms with van der Waals surface area (Å²) in [5, 5.41) is 14.3. The SMILES string of the molecule is Nc1cc(OCc2cccc(I)c2)c(C(=O)NCC2(O)CN3CCC2CC3)cc1Cl. The van der Waals surface area contributed by atoms with Gasteiger partial charge in [-0.1, -0.05) is 23.7 Å². The number of nitrogen functional groups attached to an aromatic ring is 1. The molecule has 3 aliphatic rings. The highest BCUT2D eigenvalue weighted by Crippen LogP contribution is 2.35. The van der Waals surface area contributed by atoms with E-state index < -0.39 is 5.60 Å². The Morgan fingerprint density at radius 1 is 1.33 bits per heavy atom. The van der Waals surface area contributed by atoms with E-state index in [1.165, 1.54) is 6.07 Å². The second-order valence-electron chi connectivity index (χ2n) is 8.13. The lowest BCUT2D eigenvalue weighted by molar-refractivity contribution is -0.108. The number of aliphatic hydroxyl groups is 1. The minimum atomic E-state index is -0.897. The molecule has 1 unspecified atom stereocenters. The molecule has 1 amide bonds. The lowest BCUT2D eigenvalue weighted by Gasteiger charge is -2.50. The van der Waals surface area contributed by atoms with Gasteiger partial charge in [-0.3, -0.25) is 4.79 Å². The molecule has 3 heterocycles. The Kier molecular flexibility index (Phi) is 6.43. The van der Waals surface area contributed by atoms with Crippen molar-refractivity contribution in [2.75, 3.05) is 31.9 Å². The maximum atomic E-state index is 13.0. The summed E-state index contributed by atoms with van der Waals surface area (Å²) in [4.78, 5) is 15.2. The molecule has 30 heavy (non-hydrogen) atoms.